The van der Waals surface area contributed by atoms with Gasteiger partial charge in [0.25, 0.3) is 0 Å². The van der Waals surface area contributed by atoms with Crippen molar-refractivity contribution in [3.8, 4) is 0 Å². The molecule has 3 aliphatic rings. The molecule has 0 unspecified atom stereocenters. The Hall–Kier alpha value is -0.610. The number of carbonyl (C=O) groups excluding carboxylic acids is 1. The number of rotatable bonds is 0. The normalized spacial score (nSPS) is 36.9. The predicted molar refractivity (Wildman–Crippen MR) is 46.3 cm³/mol. The molecular weight excluding hydrogens is 168 g/mol. The first kappa shape index (κ1) is 7.76. The van der Waals surface area contributed by atoms with E-state index >= 15 is 0 Å². The smallest absolute Gasteiger partial charge is 0.237 e. The Labute approximate surface area is 77.2 Å². The molecule has 3 aliphatic heterocycles. The fourth-order valence-electron chi connectivity index (χ4n) is 2.68. The van der Waals surface area contributed by atoms with Crippen LogP contribution in [0, 0.1) is 0 Å². The molecule has 0 bridgehead atoms. The van der Waals surface area contributed by atoms with Gasteiger partial charge in [-0.25, -0.2) is 0 Å². The van der Waals surface area contributed by atoms with Crippen LogP contribution in [-0.4, -0.2) is 48.7 Å². The van der Waals surface area contributed by atoms with Crippen molar-refractivity contribution < 1.29 is 9.53 Å². The van der Waals surface area contributed by atoms with Gasteiger partial charge in [0, 0.05) is 6.54 Å². The fourth-order valence-corrected chi connectivity index (χ4v) is 2.68. The van der Waals surface area contributed by atoms with Crippen LogP contribution in [0.1, 0.15) is 12.8 Å². The Morgan fingerprint density at radius 2 is 2.38 bits per heavy atom. The highest BCUT2D eigenvalue weighted by molar-refractivity contribution is 5.83. The fraction of sp³-hybridized carbons (Fsp3) is 0.889. The van der Waals surface area contributed by atoms with Crippen LogP contribution in [0.2, 0.25) is 0 Å². The van der Waals surface area contributed by atoms with E-state index in [9.17, 15) is 4.79 Å². The molecule has 1 atom stereocenters. The van der Waals surface area contributed by atoms with Crippen LogP contribution < -0.4 is 5.32 Å². The first-order chi connectivity index (χ1) is 6.32. The molecule has 3 rings (SSSR count). The van der Waals surface area contributed by atoms with E-state index in [0.717, 1.165) is 39.1 Å². The lowest BCUT2D eigenvalue weighted by molar-refractivity contribution is -0.168. The van der Waals surface area contributed by atoms with Crippen LogP contribution in [0.25, 0.3) is 0 Å². The molecule has 13 heavy (non-hydrogen) atoms. The molecule has 1 N–H and O–H groups in total. The van der Waals surface area contributed by atoms with E-state index in [4.69, 9.17) is 4.74 Å². The average Bonchev–Trinajstić information content (AvgIpc) is 2.51. The molecule has 3 heterocycles. The molecular formula is C9H14N2O2. The molecule has 4 heteroatoms. The molecule has 0 aromatic carbocycles. The van der Waals surface area contributed by atoms with Crippen molar-refractivity contribution in [1.82, 2.24) is 10.2 Å². The molecule has 72 valence electrons. The SMILES string of the molecule is O=C1NCC2(COC2)N2CCC[C@@H]12. The molecule has 3 fully saturated rings. The second-order valence-corrected chi connectivity index (χ2v) is 4.29. The molecule has 1 amide bonds. The van der Waals surface area contributed by atoms with Crippen LogP contribution in [0.15, 0.2) is 0 Å². The minimum atomic E-state index is 0.137. The number of ether oxygens (including phenoxy) is 1. The first-order valence-electron chi connectivity index (χ1n) is 4.94. The van der Waals surface area contributed by atoms with Crippen molar-refractivity contribution in [3.05, 3.63) is 0 Å². The van der Waals surface area contributed by atoms with Gasteiger partial charge in [0.1, 0.15) is 0 Å². The summed E-state index contributed by atoms with van der Waals surface area (Å²) in [7, 11) is 0. The van der Waals surface area contributed by atoms with E-state index in [1.165, 1.54) is 0 Å². The maximum Gasteiger partial charge on any atom is 0.237 e. The third-order valence-corrected chi connectivity index (χ3v) is 3.50. The van der Waals surface area contributed by atoms with Crippen LogP contribution in [0.3, 0.4) is 0 Å². The Balaban J connectivity index is 1.89. The number of hydrogen-bond donors (Lipinski definition) is 1. The standard InChI is InChI=1S/C9H14N2O2/c12-8-7-2-1-3-11(7)9(4-10-8)5-13-6-9/h7H,1-6H2,(H,10,12)/t7-/m0/s1. The van der Waals surface area contributed by atoms with Crippen LogP contribution in [-0.2, 0) is 9.53 Å². The lowest BCUT2D eigenvalue weighted by Gasteiger charge is -2.52. The van der Waals surface area contributed by atoms with Gasteiger partial charge in [-0.05, 0) is 19.4 Å². The second-order valence-electron chi connectivity index (χ2n) is 4.29. The Kier molecular flexibility index (Phi) is 1.46. The Morgan fingerprint density at radius 3 is 3.08 bits per heavy atom. The molecule has 0 aromatic heterocycles. The highest BCUT2D eigenvalue weighted by Gasteiger charge is 2.53. The molecule has 0 aromatic rings. The van der Waals surface area contributed by atoms with Crippen molar-refractivity contribution in [1.29, 1.82) is 0 Å². The average molecular weight is 182 g/mol. The van der Waals surface area contributed by atoms with Gasteiger partial charge in [-0.3, -0.25) is 9.69 Å². The topological polar surface area (TPSA) is 41.6 Å². The monoisotopic (exact) mass is 182 g/mol. The predicted octanol–water partition coefficient (Wildman–Crippen LogP) is -0.650. The lowest BCUT2D eigenvalue weighted by atomic mass is 9.91. The number of nitrogens with one attached hydrogen (secondary N) is 1. The van der Waals surface area contributed by atoms with E-state index < -0.39 is 0 Å². The van der Waals surface area contributed by atoms with E-state index in [0.29, 0.717) is 0 Å². The number of fused-ring (bicyclic) bond motifs is 2. The highest BCUT2D eigenvalue weighted by Crippen LogP contribution is 2.34. The summed E-state index contributed by atoms with van der Waals surface area (Å²) in [5, 5.41) is 2.99. The Bertz CT molecular complexity index is 250. The van der Waals surface area contributed by atoms with E-state index in [1.54, 1.807) is 0 Å². The number of hydrogen-bond acceptors (Lipinski definition) is 3. The van der Waals surface area contributed by atoms with Gasteiger partial charge >= 0.3 is 0 Å². The quantitative estimate of drug-likeness (QED) is 0.541. The van der Waals surface area contributed by atoms with Gasteiger partial charge in [0.2, 0.25) is 5.91 Å². The highest BCUT2D eigenvalue weighted by atomic mass is 16.5. The summed E-state index contributed by atoms with van der Waals surface area (Å²) in [4.78, 5) is 13.9. The van der Waals surface area contributed by atoms with Gasteiger partial charge in [0.05, 0.1) is 24.8 Å². The van der Waals surface area contributed by atoms with E-state index in [-0.39, 0.29) is 17.5 Å². The van der Waals surface area contributed by atoms with Gasteiger partial charge in [-0.1, -0.05) is 0 Å². The van der Waals surface area contributed by atoms with Crippen molar-refractivity contribution >= 4 is 5.91 Å². The molecule has 4 nitrogen and oxygen atoms in total. The summed E-state index contributed by atoms with van der Waals surface area (Å²) in [6.45, 7) is 3.44. The van der Waals surface area contributed by atoms with E-state index in [1.807, 2.05) is 0 Å². The minimum Gasteiger partial charge on any atom is -0.377 e. The van der Waals surface area contributed by atoms with Crippen molar-refractivity contribution in [2.24, 2.45) is 0 Å². The van der Waals surface area contributed by atoms with Gasteiger partial charge in [-0.15, -0.1) is 0 Å². The molecule has 1 spiro atoms. The minimum absolute atomic E-state index is 0.137. The maximum atomic E-state index is 11.5. The molecule has 0 saturated carbocycles. The van der Waals surface area contributed by atoms with E-state index in [2.05, 4.69) is 10.2 Å². The second kappa shape index (κ2) is 2.45. The zero-order valence-electron chi connectivity index (χ0n) is 7.58. The summed E-state index contributed by atoms with van der Waals surface area (Å²) in [6, 6.07) is 0.137. The third kappa shape index (κ3) is 0.901. The number of carbonyl (C=O) groups is 1. The number of piperazine rings is 1. The Morgan fingerprint density at radius 1 is 1.54 bits per heavy atom. The number of amides is 1. The van der Waals surface area contributed by atoms with Gasteiger partial charge < -0.3 is 10.1 Å². The van der Waals surface area contributed by atoms with Gasteiger partial charge in [0.15, 0.2) is 0 Å². The molecule has 0 aliphatic carbocycles. The molecule has 3 saturated heterocycles. The lowest BCUT2D eigenvalue weighted by Crippen LogP contribution is -2.73. The maximum absolute atomic E-state index is 11.5. The zero-order valence-corrected chi connectivity index (χ0v) is 7.58. The van der Waals surface area contributed by atoms with Crippen molar-refractivity contribution in [3.63, 3.8) is 0 Å². The number of nitrogens with zero attached hydrogens (tertiary/aromatic N) is 1. The summed E-state index contributed by atoms with van der Waals surface area (Å²) in [5.41, 5.74) is 0.162. The molecule has 0 radical (unpaired) electrons. The summed E-state index contributed by atoms with van der Waals surface area (Å²) in [5.74, 6) is 0.218. The van der Waals surface area contributed by atoms with Gasteiger partial charge in [-0.2, -0.15) is 0 Å². The summed E-state index contributed by atoms with van der Waals surface area (Å²) < 4.78 is 5.27. The largest absolute Gasteiger partial charge is 0.377 e. The third-order valence-electron chi connectivity index (χ3n) is 3.50. The summed E-state index contributed by atoms with van der Waals surface area (Å²) in [6.07, 6.45) is 2.17. The summed E-state index contributed by atoms with van der Waals surface area (Å²) >= 11 is 0. The van der Waals surface area contributed by atoms with Crippen molar-refractivity contribution in [2.75, 3.05) is 26.3 Å². The van der Waals surface area contributed by atoms with Crippen molar-refractivity contribution in [2.45, 2.75) is 24.4 Å². The van der Waals surface area contributed by atoms with Crippen LogP contribution in [0.4, 0.5) is 0 Å². The first-order valence-corrected chi connectivity index (χ1v) is 4.94. The zero-order chi connectivity index (χ0) is 8.89. The van der Waals surface area contributed by atoms with Crippen LogP contribution in [0.5, 0.6) is 0 Å². The van der Waals surface area contributed by atoms with Crippen LogP contribution >= 0.6 is 0 Å².